The quantitative estimate of drug-likeness (QED) is 0.828. The maximum Gasteiger partial charge on any atom is 0.251 e. The second kappa shape index (κ2) is 5.52. The number of benzene rings is 1. The van der Waals surface area contributed by atoms with E-state index in [9.17, 15) is 4.79 Å². The van der Waals surface area contributed by atoms with Crippen LogP contribution < -0.4 is 11.1 Å². The molecule has 0 saturated carbocycles. The number of rotatable bonds is 3. The van der Waals surface area contributed by atoms with Gasteiger partial charge in [-0.25, -0.2) is 0 Å². The summed E-state index contributed by atoms with van der Waals surface area (Å²) in [6.45, 7) is 3.79. The van der Waals surface area contributed by atoms with Gasteiger partial charge in [-0.15, -0.1) is 0 Å². The number of pyridine rings is 1. The lowest BCUT2D eigenvalue weighted by Crippen LogP contribution is -2.27. The second-order valence-corrected chi connectivity index (χ2v) is 4.52. The van der Waals surface area contributed by atoms with E-state index >= 15 is 0 Å². The normalized spacial score (nSPS) is 11.9. The van der Waals surface area contributed by atoms with Gasteiger partial charge in [-0.3, -0.25) is 9.78 Å². The summed E-state index contributed by atoms with van der Waals surface area (Å²) < 4.78 is 0. The summed E-state index contributed by atoms with van der Waals surface area (Å²) in [5.41, 5.74) is 8.77. The average molecular weight is 255 g/mol. The second-order valence-electron chi connectivity index (χ2n) is 4.52. The lowest BCUT2D eigenvalue weighted by atomic mass is 10.1. The van der Waals surface area contributed by atoms with Crippen LogP contribution in [0.1, 0.15) is 34.6 Å². The van der Waals surface area contributed by atoms with Gasteiger partial charge in [0.05, 0.1) is 11.7 Å². The molecule has 1 amide bonds. The van der Waals surface area contributed by atoms with Crippen LogP contribution in [-0.4, -0.2) is 10.9 Å². The summed E-state index contributed by atoms with van der Waals surface area (Å²) in [4.78, 5) is 16.3. The summed E-state index contributed by atoms with van der Waals surface area (Å²) in [7, 11) is 0. The molecule has 4 nitrogen and oxygen atoms in total. The number of nitrogens with zero attached hydrogens (tertiary/aromatic N) is 1. The van der Waals surface area contributed by atoms with Crippen molar-refractivity contribution in [3.63, 3.8) is 0 Å². The number of anilines is 1. The van der Waals surface area contributed by atoms with Gasteiger partial charge in [-0.05, 0) is 49.7 Å². The van der Waals surface area contributed by atoms with Gasteiger partial charge < -0.3 is 11.1 Å². The third-order valence-corrected chi connectivity index (χ3v) is 3.01. The van der Waals surface area contributed by atoms with Crippen LogP contribution in [0.5, 0.6) is 0 Å². The molecular weight excluding hydrogens is 238 g/mol. The molecule has 0 radical (unpaired) electrons. The summed E-state index contributed by atoms with van der Waals surface area (Å²) in [6.07, 6.45) is 1.71. The van der Waals surface area contributed by atoms with Gasteiger partial charge in [0.15, 0.2) is 0 Å². The van der Waals surface area contributed by atoms with Crippen LogP contribution in [0.4, 0.5) is 5.69 Å². The van der Waals surface area contributed by atoms with Crippen molar-refractivity contribution >= 4 is 11.6 Å². The van der Waals surface area contributed by atoms with Gasteiger partial charge in [0.2, 0.25) is 0 Å². The van der Waals surface area contributed by atoms with E-state index in [1.807, 2.05) is 32.0 Å². The Kier molecular flexibility index (Phi) is 3.80. The first-order valence-corrected chi connectivity index (χ1v) is 6.16. The first kappa shape index (κ1) is 13.1. The third-order valence-electron chi connectivity index (χ3n) is 3.01. The number of nitrogens with two attached hydrogens (primary N) is 1. The predicted octanol–water partition coefficient (Wildman–Crippen LogP) is 2.46. The fraction of sp³-hybridized carbons (Fsp3) is 0.200. The van der Waals surface area contributed by atoms with Gasteiger partial charge in [-0.1, -0.05) is 6.07 Å². The van der Waals surface area contributed by atoms with Crippen LogP contribution in [0.3, 0.4) is 0 Å². The molecule has 0 saturated heterocycles. The molecule has 98 valence electrons. The Hall–Kier alpha value is -2.36. The smallest absolute Gasteiger partial charge is 0.251 e. The molecule has 0 fully saturated rings. The summed E-state index contributed by atoms with van der Waals surface area (Å²) in [5.74, 6) is -0.124. The van der Waals surface area contributed by atoms with Crippen LogP contribution >= 0.6 is 0 Å². The molecule has 1 atom stereocenters. The number of carbonyl (C=O) groups excluding carboxylic acids is 1. The Bertz CT molecular complexity index is 581. The lowest BCUT2D eigenvalue weighted by Gasteiger charge is -2.13. The van der Waals surface area contributed by atoms with E-state index in [1.165, 1.54) is 0 Å². The van der Waals surface area contributed by atoms with E-state index in [0.29, 0.717) is 11.3 Å². The Morgan fingerprint density at radius 3 is 2.74 bits per heavy atom. The maximum absolute atomic E-state index is 12.1. The summed E-state index contributed by atoms with van der Waals surface area (Å²) >= 11 is 0. The van der Waals surface area contributed by atoms with E-state index in [0.717, 1.165) is 11.3 Å². The predicted molar refractivity (Wildman–Crippen MR) is 75.7 cm³/mol. The maximum atomic E-state index is 12.1. The van der Waals surface area contributed by atoms with Crippen molar-refractivity contribution in [1.29, 1.82) is 0 Å². The molecule has 2 aromatic rings. The van der Waals surface area contributed by atoms with Crippen LogP contribution in [0.25, 0.3) is 0 Å². The number of aryl methyl sites for hydroxylation is 1. The molecule has 19 heavy (non-hydrogen) atoms. The topological polar surface area (TPSA) is 68.0 Å². The van der Waals surface area contributed by atoms with Crippen molar-refractivity contribution < 1.29 is 4.79 Å². The molecular formula is C15H17N3O. The highest BCUT2D eigenvalue weighted by molar-refractivity contribution is 5.95. The monoisotopic (exact) mass is 255 g/mol. The van der Waals surface area contributed by atoms with Crippen molar-refractivity contribution in [2.45, 2.75) is 19.9 Å². The number of hydrogen-bond acceptors (Lipinski definition) is 3. The molecule has 0 bridgehead atoms. The van der Waals surface area contributed by atoms with Crippen LogP contribution in [-0.2, 0) is 0 Å². The van der Waals surface area contributed by atoms with Gasteiger partial charge in [0, 0.05) is 17.4 Å². The van der Waals surface area contributed by atoms with Crippen molar-refractivity contribution in [3.05, 3.63) is 59.4 Å². The largest absolute Gasteiger partial charge is 0.399 e. The standard InChI is InChI=1S/C15H17N3O/c1-10-9-12(6-7-13(10)16)15(19)18-11(2)14-5-3-4-8-17-14/h3-9,11H,16H2,1-2H3,(H,18,19). The Labute approximate surface area is 112 Å². The zero-order chi connectivity index (χ0) is 13.8. The van der Waals surface area contributed by atoms with E-state index < -0.39 is 0 Å². The molecule has 3 N–H and O–H groups in total. The molecule has 0 aliphatic heterocycles. The van der Waals surface area contributed by atoms with Crippen molar-refractivity contribution in [1.82, 2.24) is 10.3 Å². The molecule has 0 aliphatic carbocycles. The first-order valence-electron chi connectivity index (χ1n) is 6.16. The Morgan fingerprint density at radius 1 is 1.32 bits per heavy atom. The summed E-state index contributed by atoms with van der Waals surface area (Å²) in [6, 6.07) is 10.8. The zero-order valence-electron chi connectivity index (χ0n) is 11.1. The van der Waals surface area contributed by atoms with Crippen LogP contribution in [0.15, 0.2) is 42.6 Å². The van der Waals surface area contributed by atoms with Crippen molar-refractivity contribution in [2.75, 3.05) is 5.73 Å². The average Bonchev–Trinajstić information content (AvgIpc) is 2.42. The number of nitrogen functional groups attached to an aromatic ring is 1. The molecule has 0 spiro atoms. The highest BCUT2D eigenvalue weighted by Crippen LogP contribution is 2.14. The number of carbonyl (C=O) groups is 1. The highest BCUT2D eigenvalue weighted by Gasteiger charge is 2.12. The fourth-order valence-electron chi connectivity index (χ4n) is 1.80. The lowest BCUT2D eigenvalue weighted by molar-refractivity contribution is 0.0939. The molecule has 1 unspecified atom stereocenters. The van der Waals surface area contributed by atoms with Crippen LogP contribution in [0.2, 0.25) is 0 Å². The molecule has 1 aromatic carbocycles. The molecule has 1 aromatic heterocycles. The van der Waals surface area contributed by atoms with E-state index in [2.05, 4.69) is 10.3 Å². The van der Waals surface area contributed by atoms with Crippen molar-refractivity contribution in [2.24, 2.45) is 0 Å². The van der Waals surface area contributed by atoms with E-state index in [1.54, 1.807) is 24.4 Å². The Balaban J connectivity index is 2.11. The minimum atomic E-state index is -0.133. The van der Waals surface area contributed by atoms with Gasteiger partial charge in [0.1, 0.15) is 0 Å². The SMILES string of the molecule is Cc1cc(C(=O)NC(C)c2ccccn2)ccc1N. The third kappa shape index (κ3) is 3.10. The first-order chi connectivity index (χ1) is 9.08. The minimum absolute atomic E-state index is 0.124. The molecule has 0 aliphatic rings. The highest BCUT2D eigenvalue weighted by atomic mass is 16.1. The fourth-order valence-corrected chi connectivity index (χ4v) is 1.80. The van der Waals surface area contributed by atoms with Gasteiger partial charge in [-0.2, -0.15) is 0 Å². The number of nitrogens with one attached hydrogen (secondary N) is 1. The number of aromatic nitrogens is 1. The van der Waals surface area contributed by atoms with E-state index in [4.69, 9.17) is 5.73 Å². The molecule has 2 rings (SSSR count). The number of amides is 1. The summed E-state index contributed by atoms with van der Waals surface area (Å²) in [5, 5.41) is 2.92. The van der Waals surface area contributed by atoms with Gasteiger partial charge in [0.25, 0.3) is 5.91 Å². The van der Waals surface area contributed by atoms with Crippen molar-refractivity contribution in [3.8, 4) is 0 Å². The van der Waals surface area contributed by atoms with Gasteiger partial charge >= 0.3 is 0 Å². The zero-order valence-corrected chi connectivity index (χ0v) is 11.1. The molecule has 1 heterocycles. The minimum Gasteiger partial charge on any atom is -0.399 e. The van der Waals surface area contributed by atoms with E-state index in [-0.39, 0.29) is 11.9 Å². The van der Waals surface area contributed by atoms with Crippen LogP contribution in [0, 0.1) is 6.92 Å². The Morgan fingerprint density at radius 2 is 2.11 bits per heavy atom. The number of hydrogen-bond donors (Lipinski definition) is 2. The molecule has 4 heteroatoms.